The Balaban J connectivity index is 1.61. The van der Waals surface area contributed by atoms with Gasteiger partial charge < -0.3 is 9.15 Å². The van der Waals surface area contributed by atoms with E-state index >= 15 is 0 Å². The standard InChI is InChI=1S/C15H19NO4S/c1-21(17,18)16-7-2-3-12(10-16)11-20-14-4-5-15-13(9-14)6-8-19-15/h4-6,8-9,12H,2-3,7,10-11H2,1H3. The van der Waals surface area contributed by atoms with Crippen LogP contribution in [0.2, 0.25) is 0 Å². The maximum atomic E-state index is 11.6. The zero-order valence-corrected chi connectivity index (χ0v) is 12.8. The number of benzene rings is 1. The molecule has 1 atom stereocenters. The van der Waals surface area contributed by atoms with Gasteiger partial charge in [-0.2, -0.15) is 0 Å². The van der Waals surface area contributed by atoms with Gasteiger partial charge in [-0.25, -0.2) is 12.7 Å². The Morgan fingerprint density at radius 2 is 2.24 bits per heavy atom. The molecule has 2 aromatic rings. The highest BCUT2D eigenvalue weighted by atomic mass is 32.2. The van der Waals surface area contributed by atoms with Crippen molar-refractivity contribution in [1.82, 2.24) is 4.31 Å². The lowest BCUT2D eigenvalue weighted by Gasteiger charge is -2.30. The second kappa shape index (κ2) is 5.69. The van der Waals surface area contributed by atoms with E-state index in [0.717, 1.165) is 29.6 Å². The minimum atomic E-state index is -3.10. The Labute approximate surface area is 124 Å². The van der Waals surface area contributed by atoms with Crippen molar-refractivity contribution in [3.05, 3.63) is 30.5 Å². The van der Waals surface area contributed by atoms with E-state index in [0.29, 0.717) is 19.7 Å². The molecule has 1 saturated heterocycles. The first kappa shape index (κ1) is 14.4. The third kappa shape index (κ3) is 3.39. The van der Waals surface area contributed by atoms with E-state index < -0.39 is 10.0 Å². The molecule has 1 aliphatic rings. The fourth-order valence-electron chi connectivity index (χ4n) is 2.71. The van der Waals surface area contributed by atoms with Crippen molar-refractivity contribution in [3.8, 4) is 5.75 Å². The molecule has 0 amide bonds. The Bertz CT molecular complexity index is 722. The molecular weight excluding hydrogens is 290 g/mol. The molecule has 0 radical (unpaired) electrons. The van der Waals surface area contributed by atoms with Gasteiger partial charge in [0.25, 0.3) is 0 Å². The highest BCUT2D eigenvalue weighted by molar-refractivity contribution is 7.88. The van der Waals surface area contributed by atoms with Gasteiger partial charge in [-0.05, 0) is 37.1 Å². The van der Waals surface area contributed by atoms with Crippen LogP contribution in [0.4, 0.5) is 0 Å². The number of piperidine rings is 1. The van der Waals surface area contributed by atoms with Crippen molar-refractivity contribution in [1.29, 1.82) is 0 Å². The van der Waals surface area contributed by atoms with Crippen LogP contribution < -0.4 is 4.74 Å². The van der Waals surface area contributed by atoms with Crippen molar-refractivity contribution in [3.63, 3.8) is 0 Å². The lowest BCUT2D eigenvalue weighted by atomic mass is 10.0. The number of rotatable bonds is 4. The number of nitrogens with zero attached hydrogens (tertiary/aromatic N) is 1. The normalized spacial score (nSPS) is 20.7. The summed E-state index contributed by atoms with van der Waals surface area (Å²) in [7, 11) is -3.10. The average molecular weight is 309 g/mol. The summed E-state index contributed by atoms with van der Waals surface area (Å²) in [4.78, 5) is 0. The monoisotopic (exact) mass is 309 g/mol. The van der Waals surface area contributed by atoms with E-state index in [4.69, 9.17) is 9.15 Å². The lowest BCUT2D eigenvalue weighted by molar-refractivity contribution is 0.181. The molecule has 0 saturated carbocycles. The average Bonchev–Trinajstić information content (AvgIpc) is 2.92. The maximum Gasteiger partial charge on any atom is 0.211 e. The van der Waals surface area contributed by atoms with E-state index in [1.807, 2.05) is 24.3 Å². The molecule has 114 valence electrons. The van der Waals surface area contributed by atoms with Crippen molar-refractivity contribution < 1.29 is 17.6 Å². The van der Waals surface area contributed by atoms with Gasteiger partial charge in [0.15, 0.2) is 0 Å². The van der Waals surface area contributed by atoms with Crippen LogP contribution >= 0.6 is 0 Å². The zero-order chi connectivity index (χ0) is 14.9. The molecule has 1 unspecified atom stereocenters. The van der Waals surface area contributed by atoms with Crippen LogP contribution in [0.15, 0.2) is 34.9 Å². The van der Waals surface area contributed by atoms with E-state index in [1.54, 1.807) is 10.6 Å². The second-order valence-corrected chi connectivity index (χ2v) is 7.54. The van der Waals surface area contributed by atoms with E-state index in [9.17, 15) is 8.42 Å². The zero-order valence-electron chi connectivity index (χ0n) is 12.0. The first-order valence-corrected chi connectivity index (χ1v) is 8.92. The van der Waals surface area contributed by atoms with E-state index in [2.05, 4.69) is 0 Å². The second-order valence-electron chi connectivity index (χ2n) is 5.56. The lowest BCUT2D eigenvalue weighted by Crippen LogP contribution is -2.40. The molecule has 0 spiro atoms. The molecule has 21 heavy (non-hydrogen) atoms. The fraction of sp³-hybridized carbons (Fsp3) is 0.467. The number of ether oxygens (including phenoxy) is 1. The third-order valence-electron chi connectivity index (χ3n) is 3.86. The molecule has 1 aromatic carbocycles. The van der Waals surface area contributed by atoms with Crippen molar-refractivity contribution in [2.45, 2.75) is 12.8 Å². The largest absolute Gasteiger partial charge is 0.493 e. The molecule has 1 aliphatic heterocycles. The topological polar surface area (TPSA) is 59.8 Å². The van der Waals surface area contributed by atoms with Gasteiger partial charge in [0.05, 0.1) is 19.1 Å². The highest BCUT2D eigenvalue weighted by Gasteiger charge is 2.26. The maximum absolute atomic E-state index is 11.6. The molecule has 1 aromatic heterocycles. The smallest absolute Gasteiger partial charge is 0.211 e. The molecule has 1 fully saturated rings. The van der Waals surface area contributed by atoms with Gasteiger partial charge in [0.1, 0.15) is 11.3 Å². The SMILES string of the molecule is CS(=O)(=O)N1CCCC(COc2ccc3occc3c2)C1. The number of hydrogen-bond acceptors (Lipinski definition) is 4. The van der Waals surface area contributed by atoms with Crippen LogP contribution in [0.1, 0.15) is 12.8 Å². The summed E-state index contributed by atoms with van der Waals surface area (Å²) in [5.41, 5.74) is 0.836. The van der Waals surface area contributed by atoms with Gasteiger partial charge in [0.2, 0.25) is 10.0 Å². The molecular formula is C15H19NO4S. The quantitative estimate of drug-likeness (QED) is 0.870. The minimum Gasteiger partial charge on any atom is -0.493 e. The van der Waals surface area contributed by atoms with Crippen LogP contribution in [0.3, 0.4) is 0 Å². The summed E-state index contributed by atoms with van der Waals surface area (Å²) in [6.07, 6.45) is 4.81. The van der Waals surface area contributed by atoms with Crippen LogP contribution in [0, 0.1) is 5.92 Å². The van der Waals surface area contributed by atoms with Gasteiger partial charge in [-0.15, -0.1) is 0 Å². The first-order valence-electron chi connectivity index (χ1n) is 7.07. The summed E-state index contributed by atoms with van der Waals surface area (Å²) in [6, 6.07) is 7.60. The Kier molecular flexibility index (Phi) is 3.91. The fourth-order valence-corrected chi connectivity index (χ4v) is 3.66. The van der Waals surface area contributed by atoms with Gasteiger partial charge in [-0.3, -0.25) is 0 Å². The molecule has 0 aliphatic carbocycles. The minimum absolute atomic E-state index is 0.244. The summed E-state index contributed by atoms with van der Waals surface area (Å²) in [5.74, 6) is 1.04. The van der Waals surface area contributed by atoms with Gasteiger partial charge >= 0.3 is 0 Å². The molecule has 0 bridgehead atoms. The van der Waals surface area contributed by atoms with E-state index in [1.165, 1.54) is 6.26 Å². The van der Waals surface area contributed by atoms with Gasteiger partial charge in [0, 0.05) is 24.4 Å². The van der Waals surface area contributed by atoms with Crippen molar-refractivity contribution in [2.75, 3.05) is 26.0 Å². The Hall–Kier alpha value is -1.53. The molecule has 6 heteroatoms. The van der Waals surface area contributed by atoms with E-state index in [-0.39, 0.29) is 5.92 Å². The highest BCUT2D eigenvalue weighted by Crippen LogP contribution is 2.24. The molecule has 3 rings (SSSR count). The molecule has 2 heterocycles. The van der Waals surface area contributed by atoms with Crippen LogP contribution in [0.5, 0.6) is 5.75 Å². The Morgan fingerprint density at radius 3 is 3.05 bits per heavy atom. The van der Waals surface area contributed by atoms with Crippen LogP contribution in [-0.4, -0.2) is 38.7 Å². The third-order valence-corrected chi connectivity index (χ3v) is 5.13. The first-order chi connectivity index (χ1) is 10.0. The predicted molar refractivity (Wildman–Crippen MR) is 80.8 cm³/mol. The van der Waals surface area contributed by atoms with Crippen molar-refractivity contribution >= 4 is 21.0 Å². The number of fused-ring (bicyclic) bond motifs is 1. The summed E-state index contributed by atoms with van der Waals surface area (Å²) in [5, 5.41) is 1.01. The summed E-state index contributed by atoms with van der Waals surface area (Å²) in [6.45, 7) is 1.71. The van der Waals surface area contributed by atoms with Crippen LogP contribution in [-0.2, 0) is 10.0 Å². The number of hydrogen-bond donors (Lipinski definition) is 0. The number of furan rings is 1. The Morgan fingerprint density at radius 1 is 1.38 bits per heavy atom. The molecule has 5 nitrogen and oxygen atoms in total. The summed E-state index contributed by atoms with van der Waals surface area (Å²) >= 11 is 0. The number of sulfonamides is 1. The molecule has 0 N–H and O–H groups in total. The van der Waals surface area contributed by atoms with Gasteiger partial charge in [-0.1, -0.05) is 0 Å². The van der Waals surface area contributed by atoms with Crippen molar-refractivity contribution in [2.24, 2.45) is 5.92 Å². The predicted octanol–water partition coefficient (Wildman–Crippen LogP) is 2.48. The van der Waals surface area contributed by atoms with Crippen LogP contribution in [0.25, 0.3) is 11.0 Å². The summed E-state index contributed by atoms with van der Waals surface area (Å²) < 4.78 is 35.9.